The van der Waals surface area contributed by atoms with Gasteiger partial charge in [-0.3, -0.25) is 9.48 Å². The van der Waals surface area contributed by atoms with Gasteiger partial charge in [0.2, 0.25) is 0 Å². The lowest BCUT2D eigenvalue weighted by molar-refractivity contribution is -0.115. The molecular weight excluding hydrogens is 376 g/mol. The number of halogens is 1. The number of nitrogens with zero attached hydrogens (tertiary/aromatic N) is 2. The minimum atomic E-state index is -0.402. The van der Waals surface area contributed by atoms with Crippen molar-refractivity contribution in [2.75, 3.05) is 6.54 Å². The van der Waals surface area contributed by atoms with E-state index in [4.69, 9.17) is 11.6 Å². The summed E-state index contributed by atoms with van der Waals surface area (Å²) in [5.41, 5.74) is 2.14. The van der Waals surface area contributed by atoms with Crippen LogP contribution >= 0.6 is 11.6 Å². The van der Waals surface area contributed by atoms with Crippen molar-refractivity contribution >= 4 is 17.4 Å². The summed E-state index contributed by atoms with van der Waals surface area (Å²) < 4.78 is 1.94. The third-order valence-electron chi connectivity index (χ3n) is 5.80. The molecule has 154 valence electrons. The van der Waals surface area contributed by atoms with E-state index in [0.717, 1.165) is 43.6 Å². The molecule has 0 aromatic carbocycles. The molecular formula is C21H31ClN4O2. The van der Waals surface area contributed by atoms with Gasteiger partial charge in [-0.2, -0.15) is 5.10 Å². The van der Waals surface area contributed by atoms with Crippen molar-refractivity contribution in [2.45, 2.75) is 71.2 Å². The van der Waals surface area contributed by atoms with Crippen LogP contribution in [-0.4, -0.2) is 38.8 Å². The maximum atomic E-state index is 12.7. The Kier molecular flexibility index (Phi) is 6.63. The first-order valence-electron chi connectivity index (χ1n) is 10.0. The Labute approximate surface area is 172 Å². The van der Waals surface area contributed by atoms with E-state index in [-0.39, 0.29) is 12.4 Å². The largest absolute Gasteiger partial charge is 0.390 e. The van der Waals surface area contributed by atoms with E-state index in [1.54, 1.807) is 12.3 Å². The fourth-order valence-corrected chi connectivity index (χ4v) is 4.29. The second-order valence-electron chi connectivity index (χ2n) is 8.50. The van der Waals surface area contributed by atoms with Crippen LogP contribution in [0.15, 0.2) is 28.9 Å². The van der Waals surface area contributed by atoms with E-state index in [9.17, 15) is 9.90 Å². The molecule has 0 amide bonds. The highest BCUT2D eigenvalue weighted by Crippen LogP contribution is 2.27. The highest BCUT2D eigenvalue weighted by atomic mass is 35.5. The summed E-state index contributed by atoms with van der Waals surface area (Å²) in [5, 5.41) is 21.1. The number of Topliss-reactive ketones (excluding diaryl/α,β-unsaturated/α-hetero) is 1. The van der Waals surface area contributed by atoms with E-state index >= 15 is 0 Å². The molecule has 3 N–H and O–H groups in total. The fourth-order valence-electron chi connectivity index (χ4n) is 4.13. The zero-order chi connectivity index (χ0) is 20.3. The average Bonchev–Trinajstić information content (AvgIpc) is 3.02. The fraction of sp³-hybridized carbons (Fsp3) is 0.619. The van der Waals surface area contributed by atoms with Crippen LogP contribution in [0.5, 0.6) is 0 Å². The first kappa shape index (κ1) is 21.1. The molecule has 0 unspecified atom stereocenters. The third-order valence-corrected chi connectivity index (χ3v) is 6.02. The van der Waals surface area contributed by atoms with Crippen LogP contribution in [0.2, 0.25) is 0 Å². The molecule has 2 aliphatic rings. The smallest absolute Gasteiger partial charge is 0.174 e. The van der Waals surface area contributed by atoms with E-state index in [2.05, 4.69) is 15.7 Å². The van der Waals surface area contributed by atoms with Crippen LogP contribution in [-0.2, 0) is 17.9 Å². The second-order valence-corrected chi connectivity index (χ2v) is 8.93. The van der Waals surface area contributed by atoms with Crippen molar-refractivity contribution in [3.8, 4) is 0 Å². The van der Waals surface area contributed by atoms with Crippen molar-refractivity contribution in [1.29, 1.82) is 0 Å². The number of rotatable bonds is 7. The zero-order valence-electron chi connectivity index (χ0n) is 17.0. The van der Waals surface area contributed by atoms with Crippen molar-refractivity contribution in [3.05, 3.63) is 40.3 Å². The van der Waals surface area contributed by atoms with Gasteiger partial charge in [0, 0.05) is 24.4 Å². The lowest BCUT2D eigenvalue weighted by atomic mass is 9.85. The number of nitrogens with one attached hydrogen (secondary N) is 2. The summed E-state index contributed by atoms with van der Waals surface area (Å²) in [6, 6.07) is 2.31. The van der Waals surface area contributed by atoms with Gasteiger partial charge in [-0.05, 0) is 64.5 Å². The molecule has 0 spiro atoms. The van der Waals surface area contributed by atoms with E-state index in [1.165, 1.54) is 0 Å². The summed E-state index contributed by atoms with van der Waals surface area (Å²) in [4.78, 5) is 12.7. The molecule has 1 aromatic rings. The van der Waals surface area contributed by atoms with Gasteiger partial charge in [0.05, 0.1) is 35.1 Å². The molecule has 28 heavy (non-hydrogen) atoms. The lowest BCUT2D eigenvalue weighted by Crippen LogP contribution is -2.45. The molecule has 0 radical (unpaired) electrons. The van der Waals surface area contributed by atoms with Crippen molar-refractivity contribution in [3.63, 3.8) is 0 Å². The van der Waals surface area contributed by atoms with Crippen LogP contribution in [0, 0.1) is 12.8 Å². The monoisotopic (exact) mass is 406 g/mol. The molecule has 0 saturated heterocycles. The second kappa shape index (κ2) is 8.80. The zero-order valence-corrected chi connectivity index (χ0v) is 17.7. The van der Waals surface area contributed by atoms with Crippen LogP contribution in [0.4, 0.5) is 0 Å². The number of dihydropyridines is 1. The predicted octanol–water partition coefficient (Wildman–Crippen LogP) is 2.79. The number of aromatic nitrogens is 2. The van der Waals surface area contributed by atoms with Gasteiger partial charge in [-0.25, -0.2) is 0 Å². The van der Waals surface area contributed by atoms with Gasteiger partial charge in [-0.15, -0.1) is 0 Å². The summed E-state index contributed by atoms with van der Waals surface area (Å²) in [6.07, 6.45) is 7.79. The van der Waals surface area contributed by atoms with Crippen LogP contribution in [0.1, 0.15) is 50.9 Å². The number of carbonyl (C=O) groups is 1. The number of hydrogen-bond acceptors (Lipinski definition) is 5. The van der Waals surface area contributed by atoms with Crippen LogP contribution < -0.4 is 10.6 Å². The Morgan fingerprint density at radius 3 is 2.79 bits per heavy atom. The van der Waals surface area contributed by atoms with E-state index in [0.29, 0.717) is 29.1 Å². The van der Waals surface area contributed by atoms with Gasteiger partial charge in [0.1, 0.15) is 0 Å². The quantitative estimate of drug-likeness (QED) is 0.648. The standard InChI is InChI=1S/C21H31ClN4O2/c1-14-8-18(13-27)26(25-14)12-15-4-6-17(7-5-15)23-11-20(28)19-9-16(22)10-24-21(19,2)3/h8-10,15,17,23-24,27H,4-7,11-13H2,1-3H3. The SMILES string of the molecule is Cc1cc(CO)n(CC2CCC(NCC(=O)C3=CC(Cl)=CNC3(C)C)CC2)n1. The average molecular weight is 407 g/mol. The molecule has 6 nitrogen and oxygen atoms in total. The summed E-state index contributed by atoms with van der Waals surface area (Å²) in [5.74, 6) is 0.650. The molecule has 1 fully saturated rings. The maximum Gasteiger partial charge on any atom is 0.174 e. The number of carbonyl (C=O) groups excluding carboxylic acids is 1. The molecule has 1 aliphatic heterocycles. The Morgan fingerprint density at radius 2 is 2.11 bits per heavy atom. The predicted molar refractivity (Wildman–Crippen MR) is 111 cm³/mol. The molecule has 1 aliphatic carbocycles. The van der Waals surface area contributed by atoms with Gasteiger partial charge < -0.3 is 15.7 Å². The van der Waals surface area contributed by atoms with Gasteiger partial charge in [0.25, 0.3) is 0 Å². The summed E-state index contributed by atoms with van der Waals surface area (Å²) in [7, 11) is 0. The number of hydrogen-bond donors (Lipinski definition) is 3. The Hall–Kier alpha value is -1.63. The van der Waals surface area contributed by atoms with E-state index < -0.39 is 5.54 Å². The topological polar surface area (TPSA) is 79.2 Å². The summed E-state index contributed by atoms with van der Waals surface area (Å²) >= 11 is 6.06. The van der Waals surface area contributed by atoms with Gasteiger partial charge >= 0.3 is 0 Å². The number of allylic oxidation sites excluding steroid dienone is 2. The molecule has 0 bridgehead atoms. The number of aliphatic hydroxyl groups is 1. The van der Waals surface area contributed by atoms with Crippen LogP contribution in [0.25, 0.3) is 0 Å². The van der Waals surface area contributed by atoms with Gasteiger partial charge in [-0.1, -0.05) is 11.6 Å². The van der Waals surface area contributed by atoms with E-state index in [1.807, 2.05) is 31.5 Å². The molecule has 2 heterocycles. The highest BCUT2D eigenvalue weighted by molar-refractivity contribution is 6.31. The minimum absolute atomic E-state index is 0.0279. The number of aliphatic hydroxyl groups excluding tert-OH is 1. The number of ketones is 1. The first-order chi connectivity index (χ1) is 13.3. The van der Waals surface area contributed by atoms with Crippen molar-refractivity contribution in [2.24, 2.45) is 5.92 Å². The minimum Gasteiger partial charge on any atom is -0.390 e. The highest BCUT2D eigenvalue weighted by Gasteiger charge is 2.30. The maximum absolute atomic E-state index is 12.7. The Morgan fingerprint density at radius 1 is 1.39 bits per heavy atom. The molecule has 1 saturated carbocycles. The molecule has 0 atom stereocenters. The Bertz CT molecular complexity index is 773. The molecule has 1 aromatic heterocycles. The lowest BCUT2D eigenvalue weighted by Gasteiger charge is -2.32. The normalized spacial score (nSPS) is 24.3. The number of aryl methyl sites for hydroxylation is 1. The summed E-state index contributed by atoms with van der Waals surface area (Å²) in [6.45, 7) is 7.14. The van der Waals surface area contributed by atoms with Crippen molar-refractivity contribution < 1.29 is 9.90 Å². The van der Waals surface area contributed by atoms with Crippen molar-refractivity contribution in [1.82, 2.24) is 20.4 Å². The van der Waals surface area contributed by atoms with Crippen LogP contribution in [0.3, 0.4) is 0 Å². The third kappa shape index (κ3) is 5.04. The molecule has 3 rings (SSSR count). The molecule has 7 heteroatoms. The van der Waals surface area contributed by atoms with Gasteiger partial charge in [0.15, 0.2) is 5.78 Å². The Balaban J connectivity index is 1.47. The first-order valence-corrected chi connectivity index (χ1v) is 10.4.